The van der Waals surface area contributed by atoms with E-state index in [9.17, 15) is 4.39 Å². The van der Waals surface area contributed by atoms with E-state index in [-0.39, 0.29) is 11.9 Å². The fourth-order valence-electron chi connectivity index (χ4n) is 2.48. The van der Waals surface area contributed by atoms with Gasteiger partial charge in [-0.05, 0) is 31.9 Å². The maximum absolute atomic E-state index is 13.9. The monoisotopic (exact) mass is 252 g/mol. The third-order valence-electron chi connectivity index (χ3n) is 3.40. The second-order valence-corrected chi connectivity index (χ2v) is 4.75. The number of nitrogens with one attached hydrogen (secondary N) is 1. The van der Waals surface area contributed by atoms with Gasteiger partial charge in [-0.1, -0.05) is 12.5 Å². The molecule has 0 radical (unpaired) electrons. The SMILES string of the molecule is COc1cccc(F)c1C(C)NN1CCCCC1. The summed E-state index contributed by atoms with van der Waals surface area (Å²) in [5.74, 6) is 0.387. The molecule has 1 heterocycles. The lowest BCUT2D eigenvalue weighted by atomic mass is 10.1. The first-order chi connectivity index (χ1) is 8.72. The lowest BCUT2D eigenvalue weighted by Crippen LogP contribution is -2.43. The first-order valence-corrected chi connectivity index (χ1v) is 6.56. The molecule has 0 amide bonds. The number of ether oxygens (including phenoxy) is 1. The number of halogens is 1. The fraction of sp³-hybridized carbons (Fsp3) is 0.571. The number of hydrogen-bond acceptors (Lipinski definition) is 3. The zero-order valence-electron chi connectivity index (χ0n) is 11.1. The molecule has 1 aromatic carbocycles. The van der Waals surface area contributed by atoms with Gasteiger partial charge in [0.2, 0.25) is 0 Å². The van der Waals surface area contributed by atoms with Crippen LogP contribution in [0.4, 0.5) is 4.39 Å². The van der Waals surface area contributed by atoms with Crippen molar-refractivity contribution in [3.63, 3.8) is 0 Å². The van der Waals surface area contributed by atoms with Crippen molar-refractivity contribution in [1.82, 2.24) is 10.4 Å². The standard InChI is InChI=1S/C14H21FN2O/c1-11(16-17-9-4-3-5-10-17)14-12(15)7-6-8-13(14)18-2/h6-8,11,16H,3-5,9-10H2,1-2H3. The van der Waals surface area contributed by atoms with Crippen LogP contribution in [0, 0.1) is 5.82 Å². The van der Waals surface area contributed by atoms with Crippen LogP contribution in [0.25, 0.3) is 0 Å². The Bertz CT molecular complexity index is 391. The Hall–Kier alpha value is -1.13. The van der Waals surface area contributed by atoms with Crippen molar-refractivity contribution in [1.29, 1.82) is 0 Å². The summed E-state index contributed by atoms with van der Waals surface area (Å²) in [5, 5.41) is 2.18. The van der Waals surface area contributed by atoms with E-state index < -0.39 is 0 Å². The number of piperidine rings is 1. The Kier molecular flexibility index (Phi) is 4.55. The van der Waals surface area contributed by atoms with Crippen molar-refractivity contribution in [3.05, 3.63) is 29.6 Å². The van der Waals surface area contributed by atoms with Gasteiger partial charge < -0.3 is 4.74 Å². The van der Waals surface area contributed by atoms with Crippen molar-refractivity contribution < 1.29 is 9.13 Å². The molecule has 1 N–H and O–H groups in total. The van der Waals surface area contributed by atoms with Gasteiger partial charge in [0.25, 0.3) is 0 Å². The van der Waals surface area contributed by atoms with E-state index in [4.69, 9.17) is 4.74 Å². The van der Waals surface area contributed by atoms with Crippen LogP contribution in [0.1, 0.15) is 37.8 Å². The minimum atomic E-state index is -0.216. The van der Waals surface area contributed by atoms with Gasteiger partial charge in [-0.3, -0.25) is 0 Å². The van der Waals surface area contributed by atoms with Gasteiger partial charge in [-0.2, -0.15) is 0 Å². The summed E-state index contributed by atoms with van der Waals surface area (Å²) in [4.78, 5) is 0. The Morgan fingerprint density at radius 1 is 1.28 bits per heavy atom. The van der Waals surface area contributed by atoms with E-state index in [2.05, 4.69) is 10.4 Å². The van der Waals surface area contributed by atoms with E-state index in [1.165, 1.54) is 25.3 Å². The van der Waals surface area contributed by atoms with E-state index in [0.717, 1.165) is 13.1 Å². The van der Waals surface area contributed by atoms with Gasteiger partial charge in [0, 0.05) is 18.7 Å². The summed E-state index contributed by atoms with van der Waals surface area (Å²) in [7, 11) is 1.58. The smallest absolute Gasteiger partial charge is 0.131 e. The van der Waals surface area contributed by atoms with Gasteiger partial charge in [0.15, 0.2) is 0 Å². The Balaban J connectivity index is 2.09. The Morgan fingerprint density at radius 2 is 2.00 bits per heavy atom. The van der Waals surface area contributed by atoms with Crippen LogP contribution in [0.5, 0.6) is 5.75 Å². The zero-order valence-corrected chi connectivity index (χ0v) is 11.1. The number of rotatable bonds is 4. The molecule has 0 saturated carbocycles. The van der Waals surface area contributed by atoms with E-state index in [1.54, 1.807) is 19.2 Å². The van der Waals surface area contributed by atoms with Crippen molar-refractivity contribution in [2.24, 2.45) is 0 Å². The van der Waals surface area contributed by atoms with E-state index in [1.807, 2.05) is 6.92 Å². The zero-order chi connectivity index (χ0) is 13.0. The van der Waals surface area contributed by atoms with E-state index >= 15 is 0 Å². The number of benzene rings is 1. The second kappa shape index (κ2) is 6.16. The van der Waals surface area contributed by atoms with Gasteiger partial charge in [0.1, 0.15) is 11.6 Å². The molecule has 0 aromatic heterocycles. The first-order valence-electron chi connectivity index (χ1n) is 6.56. The van der Waals surface area contributed by atoms with Crippen LogP contribution in [0.2, 0.25) is 0 Å². The van der Waals surface area contributed by atoms with Crippen LogP contribution < -0.4 is 10.2 Å². The topological polar surface area (TPSA) is 24.5 Å². The van der Waals surface area contributed by atoms with Crippen LogP contribution >= 0.6 is 0 Å². The molecule has 100 valence electrons. The van der Waals surface area contributed by atoms with Gasteiger partial charge >= 0.3 is 0 Å². The quantitative estimate of drug-likeness (QED) is 0.891. The molecule has 1 unspecified atom stereocenters. The van der Waals surface area contributed by atoms with Crippen LogP contribution in [-0.4, -0.2) is 25.2 Å². The van der Waals surface area contributed by atoms with Gasteiger partial charge in [0.05, 0.1) is 13.2 Å². The fourth-order valence-corrected chi connectivity index (χ4v) is 2.48. The average molecular weight is 252 g/mol. The van der Waals surface area contributed by atoms with Crippen LogP contribution in [0.3, 0.4) is 0 Å². The van der Waals surface area contributed by atoms with E-state index in [0.29, 0.717) is 11.3 Å². The van der Waals surface area contributed by atoms with Crippen molar-refractivity contribution in [3.8, 4) is 5.75 Å². The summed E-state index contributed by atoms with van der Waals surface area (Å²) in [6.45, 7) is 4.03. The molecule has 0 aliphatic carbocycles. The minimum absolute atomic E-state index is 0.0840. The minimum Gasteiger partial charge on any atom is -0.496 e. The Labute approximate surface area is 108 Å². The predicted molar refractivity (Wildman–Crippen MR) is 69.9 cm³/mol. The maximum atomic E-state index is 13.9. The summed E-state index contributed by atoms with van der Waals surface area (Å²) in [6.07, 6.45) is 3.69. The largest absolute Gasteiger partial charge is 0.496 e. The molecule has 1 aliphatic heterocycles. The van der Waals surface area contributed by atoms with Crippen LogP contribution in [-0.2, 0) is 0 Å². The highest BCUT2D eigenvalue weighted by atomic mass is 19.1. The van der Waals surface area contributed by atoms with Crippen molar-refractivity contribution in [2.45, 2.75) is 32.2 Å². The third-order valence-corrected chi connectivity index (χ3v) is 3.40. The highest BCUT2D eigenvalue weighted by Gasteiger charge is 2.19. The molecule has 3 nitrogen and oxygen atoms in total. The van der Waals surface area contributed by atoms with Crippen molar-refractivity contribution in [2.75, 3.05) is 20.2 Å². The normalized spacial score (nSPS) is 18.6. The average Bonchev–Trinajstić information content (AvgIpc) is 2.39. The molecule has 2 rings (SSSR count). The number of methoxy groups -OCH3 is 1. The number of hydrazine groups is 1. The molecule has 18 heavy (non-hydrogen) atoms. The highest BCUT2D eigenvalue weighted by Crippen LogP contribution is 2.28. The molecule has 0 spiro atoms. The highest BCUT2D eigenvalue weighted by molar-refractivity contribution is 5.36. The molecular formula is C14H21FN2O. The molecular weight excluding hydrogens is 231 g/mol. The predicted octanol–water partition coefficient (Wildman–Crippen LogP) is 2.89. The lowest BCUT2D eigenvalue weighted by Gasteiger charge is -2.31. The van der Waals surface area contributed by atoms with Gasteiger partial charge in [-0.25, -0.2) is 14.8 Å². The molecule has 1 aromatic rings. The summed E-state index contributed by atoms with van der Waals surface area (Å²) >= 11 is 0. The molecule has 1 atom stereocenters. The summed E-state index contributed by atoms with van der Waals surface area (Å²) < 4.78 is 19.1. The molecule has 1 saturated heterocycles. The third kappa shape index (κ3) is 3.00. The number of nitrogens with zero attached hydrogens (tertiary/aromatic N) is 1. The molecule has 1 aliphatic rings. The lowest BCUT2D eigenvalue weighted by molar-refractivity contribution is 0.131. The van der Waals surface area contributed by atoms with Crippen molar-refractivity contribution >= 4 is 0 Å². The molecule has 1 fully saturated rings. The van der Waals surface area contributed by atoms with Gasteiger partial charge in [-0.15, -0.1) is 0 Å². The molecule has 0 bridgehead atoms. The van der Waals surface area contributed by atoms with Crippen LogP contribution in [0.15, 0.2) is 18.2 Å². The maximum Gasteiger partial charge on any atom is 0.131 e. The molecule has 4 heteroatoms. The first kappa shape index (κ1) is 13.3. The summed E-state index contributed by atoms with van der Waals surface area (Å²) in [6, 6.07) is 4.86. The number of hydrogen-bond donors (Lipinski definition) is 1. The Morgan fingerprint density at radius 3 is 2.67 bits per heavy atom. The second-order valence-electron chi connectivity index (χ2n) is 4.75. The summed E-state index contributed by atoms with van der Waals surface area (Å²) in [5.41, 5.74) is 3.97.